The van der Waals surface area contributed by atoms with Gasteiger partial charge in [0, 0.05) is 48.1 Å². The van der Waals surface area contributed by atoms with Crippen molar-refractivity contribution >= 4 is 31.7 Å². The standard InChI is InChI=1S/C39H56N6O9Si/c1-14-15-18-50-34-27-31(53-42-34)29(45(10)11)23-20-38(21-41-43-40)19-22-24(44(8)9)16-17-25(51-35(49)52-36(2,3)4)26(22)30(46)28(38)33(48)39(23,32(27)47)54-55(12,13)37(5,6)7/h16-17,23,29,48H,14-15,18-21H2,1-13H3/t23-,29-,38-,39+/m0/s1. The molecule has 15 nitrogen and oxygen atoms in total. The number of azide groups is 1. The highest BCUT2D eigenvalue weighted by molar-refractivity contribution is 6.74. The number of aromatic nitrogens is 1. The molecule has 4 atom stereocenters. The normalized spacial score (nSPS) is 23.7. The summed E-state index contributed by atoms with van der Waals surface area (Å²) in [6.07, 6.45) is 0.678. The van der Waals surface area contributed by atoms with Crippen LogP contribution in [-0.4, -0.2) is 93.7 Å². The first-order chi connectivity index (χ1) is 25.5. The lowest BCUT2D eigenvalue weighted by molar-refractivity contribution is -0.0590. The average molecular weight is 781 g/mol. The molecule has 5 rings (SSSR count). The number of carbonyl (C=O) groups excluding carboxylic acids is 3. The van der Waals surface area contributed by atoms with Gasteiger partial charge < -0.3 is 33.2 Å². The molecule has 0 saturated carbocycles. The maximum absolute atomic E-state index is 15.5. The van der Waals surface area contributed by atoms with Gasteiger partial charge >= 0.3 is 6.16 Å². The maximum Gasteiger partial charge on any atom is 0.514 e. The summed E-state index contributed by atoms with van der Waals surface area (Å²) in [5.41, 5.74) is 6.52. The molecule has 3 aliphatic carbocycles. The Labute approximate surface area is 324 Å². The van der Waals surface area contributed by atoms with Crippen LogP contribution in [0.4, 0.5) is 10.5 Å². The third kappa shape index (κ3) is 7.13. The van der Waals surface area contributed by atoms with E-state index in [1.807, 2.05) is 78.8 Å². The number of unbranched alkanes of at least 4 members (excludes halogenated alkanes) is 1. The highest BCUT2D eigenvalue weighted by Gasteiger charge is 2.69. The summed E-state index contributed by atoms with van der Waals surface area (Å²) in [6, 6.07) is 2.55. The van der Waals surface area contributed by atoms with Gasteiger partial charge in [-0.3, -0.25) is 14.5 Å². The molecule has 300 valence electrons. The van der Waals surface area contributed by atoms with E-state index in [0.717, 1.165) is 6.42 Å². The van der Waals surface area contributed by atoms with Crippen molar-refractivity contribution in [3.8, 4) is 11.6 Å². The minimum atomic E-state index is -3.00. The number of anilines is 1. The topological polar surface area (TPSA) is 190 Å². The molecule has 0 spiro atoms. The molecule has 55 heavy (non-hydrogen) atoms. The molecule has 1 heterocycles. The number of Topliss-reactive ketones (excluding diaryl/α,β-unsaturated/α-hetero) is 2. The molecule has 0 amide bonds. The number of carbonyl (C=O) groups is 3. The second-order valence-electron chi connectivity index (χ2n) is 17.9. The third-order valence-electron chi connectivity index (χ3n) is 11.4. The van der Waals surface area contributed by atoms with Crippen LogP contribution in [0.1, 0.15) is 106 Å². The Hall–Kier alpha value is -4.37. The Morgan fingerprint density at radius 1 is 1.13 bits per heavy atom. The number of nitrogens with zero attached hydrogens (tertiary/aromatic N) is 6. The molecule has 1 aromatic heterocycles. The fourth-order valence-electron chi connectivity index (χ4n) is 7.93. The number of ether oxygens (including phenoxy) is 3. The summed E-state index contributed by atoms with van der Waals surface area (Å²) in [5.74, 6) is -2.56. The first kappa shape index (κ1) is 41.8. The fourth-order valence-corrected chi connectivity index (χ4v) is 9.39. The Morgan fingerprint density at radius 3 is 2.36 bits per heavy atom. The van der Waals surface area contributed by atoms with Crippen molar-refractivity contribution in [2.45, 2.75) is 110 Å². The summed E-state index contributed by atoms with van der Waals surface area (Å²) in [7, 11) is 4.32. The zero-order valence-electron chi connectivity index (χ0n) is 34.4. The largest absolute Gasteiger partial charge is 0.514 e. The van der Waals surface area contributed by atoms with Crippen molar-refractivity contribution in [2.24, 2.45) is 16.4 Å². The van der Waals surface area contributed by atoms with Gasteiger partial charge in [-0.25, -0.2) is 4.79 Å². The van der Waals surface area contributed by atoms with Crippen LogP contribution in [0, 0.1) is 11.3 Å². The molecule has 0 unspecified atom stereocenters. The first-order valence-corrected chi connectivity index (χ1v) is 21.7. The number of fused-ring (bicyclic) bond motifs is 4. The van der Waals surface area contributed by atoms with Crippen molar-refractivity contribution in [3.05, 3.63) is 56.4 Å². The van der Waals surface area contributed by atoms with E-state index in [0.29, 0.717) is 17.7 Å². The SMILES string of the molecule is CCCCOc1noc2c1C(=O)[C@@]1(O[Si](C)(C)C(C)(C)C)C(O)=C3C(=O)c4c(OC(=O)OC(C)(C)C)ccc(N(C)C)c4C[C@@]3(CN=[N+]=[N-])C[C@H]1[C@@H]2N(C)C. The highest BCUT2D eigenvalue weighted by atomic mass is 28.4. The van der Waals surface area contributed by atoms with E-state index >= 15 is 9.59 Å². The first-order valence-electron chi connectivity index (χ1n) is 18.8. The van der Waals surface area contributed by atoms with E-state index in [-0.39, 0.29) is 60.1 Å². The Balaban J connectivity index is 1.89. The fraction of sp³-hybridized carbons (Fsp3) is 0.641. The number of benzene rings is 1. The van der Waals surface area contributed by atoms with Crippen LogP contribution >= 0.6 is 0 Å². The van der Waals surface area contributed by atoms with Crippen LogP contribution in [0.15, 0.2) is 33.1 Å². The predicted molar refractivity (Wildman–Crippen MR) is 209 cm³/mol. The molecule has 0 saturated heterocycles. The zero-order valence-corrected chi connectivity index (χ0v) is 35.4. The van der Waals surface area contributed by atoms with Gasteiger partial charge in [0.2, 0.25) is 5.78 Å². The van der Waals surface area contributed by atoms with E-state index in [2.05, 4.69) is 15.2 Å². The van der Waals surface area contributed by atoms with E-state index in [4.69, 9.17) is 23.2 Å². The summed E-state index contributed by atoms with van der Waals surface area (Å²) in [5, 5.41) is 20.9. The van der Waals surface area contributed by atoms with E-state index < -0.39 is 65.4 Å². The maximum atomic E-state index is 15.5. The summed E-state index contributed by atoms with van der Waals surface area (Å²) in [6.45, 7) is 17.2. The number of rotatable bonds is 11. The second kappa shape index (κ2) is 14.6. The second-order valence-corrected chi connectivity index (χ2v) is 22.6. The molecule has 3 aliphatic rings. The van der Waals surface area contributed by atoms with Gasteiger partial charge in [-0.15, -0.1) is 0 Å². The third-order valence-corrected chi connectivity index (χ3v) is 15.8. The molecule has 2 aromatic rings. The molecule has 1 aromatic carbocycles. The molecule has 16 heteroatoms. The Kier molecular flexibility index (Phi) is 11.1. The molecular formula is C39H56N6O9Si. The predicted octanol–water partition coefficient (Wildman–Crippen LogP) is 8.36. The molecule has 1 N–H and O–H groups in total. The lowest BCUT2D eigenvalue weighted by Gasteiger charge is -2.58. The average Bonchev–Trinajstić information content (AvgIpc) is 3.46. The number of aliphatic hydroxyl groups excluding tert-OH is 1. The summed E-state index contributed by atoms with van der Waals surface area (Å²) < 4.78 is 30.4. The van der Waals surface area contributed by atoms with Gasteiger partial charge in [0.25, 0.3) is 5.88 Å². The molecule has 0 aliphatic heterocycles. The van der Waals surface area contributed by atoms with Gasteiger partial charge in [0.05, 0.1) is 18.2 Å². The smallest absolute Gasteiger partial charge is 0.508 e. The van der Waals surface area contributed by atoms with Crippen molar-refractivity contribution in [1.29, 1.82) is 0 Å². The van der Waals surface area contributed by atoms with Gasteiger partial charge in [0.15, 0.2) is 25.5 Å². The number of aliphatic hydroxyl groups is 1. The van der Waals surface area contributed by atoms with Crippen molar-refractivity contribution in [1.82, 2.24) is 10.1 Å². The summed E-state index contributed by atoms with van der Waals surface area (Å²) >= 11 is 0. The quantitative estimate of drug-likeness (QED) is 0.0437. The van der Waals surface area contributed by atoms with Crippen molar-refractivity contribution in [3.63, 3.8) is 0 Å². The zero-order chi connectivity index (χ0) is 41.1. The molecule has 0 radical (unpaired) electrons. The van der Waals surface area contributed by atoms with Gasteiger partial charge in [-0.2, -0.15) is 0 Å². The van der Waals surface area contributed by atoms with Crippen molar-refractivity contribution in [2.75, 3.05) is 46.2 Å². The molecule has 0 fully saturated rings. The van der Waals surface area contributed by atoms with Crippen molar-refractivity contribution < 1.29 is 42.6 Å². The number of hydrogen-bond acceptors (Lipinski definition) is 13. The van der Waals surface area contributed by atoms with Gasteiger partial charge in [-0.1, -0.05) is 39.2 Å². The van der Waals surface area contributed by atoms with Gasteiger partial charge in [-0.05, 0) is 101 Å². The van der Waals surface area contributed by atoms with Crippen LogP contribution < -0.4 is 14.4 Å². The van der Waals surface area contributed by atoms with E-state index in [1.54, 1.807) is 26.8 Å². The summed E-state index contributed by atoms with van der Waals surface area (Å²) in [4.78, 5) is 50.8. The lowest BCUT2D eigenvalue weighted by atomic mass is 9.52. The van der Waals surface area contributed by atoms with E-state index in [9.17, 15) is 15.4 Å². The number of ketones is 2. The Bertz CT molecular complexity index is 1950. The molecular weight excluding hydrogens is 725 g/mol. The minimum absolute atomic E-state index is 0.00957. The van der Waals surface area contributed by atoms with Crippen LogP contribution in [0.5, 0.6) is 11.6 Å². The van der Waals surface area contributed by atoms with E-state index in [1.165, 1.54) is 6.07 Å². The Morgan fingerprint density at radius 2 is 1.80 bits per heavy atom. The minimum Gasteiger partial charge on any atom is -0.508 e. The lowest BCUT2D eigenvalue weighted by Crippen LogP contribution is -2.66. The van der Waals surface area contributed by atoms with Crippen LogP contribution in [0.3, 0.4) is 0 Å². The molecule has 0 bridgehead atoms. The van der Waals surface area contributed by atoms with Crippen LogP contribution in [-0.2, 0) is 15.6 Å². The monoisotopic (exact) mass is 780 g/mol. The highest BCUT2D eigenvalue weighted by Crippen LogP contribution is 2.63. The van der Waals surface area contributed by atoms with Crippen LogP contribution in [0.2, 0.25) is 18.1 Å². The number of hydrogen-bond donors (Lipinski definition) is 1. The van der Waals surface area contributed by atoms with Gasteiger partial charge in [0.1, 0.15) is 22.7 Å². The van der Waals surface area contributed by atoms with Crippen LogP contribution in [0.25, 0.3) is 10.4 Å².